The number of unbranched alkanes of at least 4 members (excludes halogenated alkanes) is 4. The van der Waals surface area contributed by atoms with Crippen LogP contribution >= 0.6 is 62.7 Å². The Morgan fingerprint density at radius 3 is 1.15 bits per heavy atom. The van der Waals surface area contributed by atoms with Gasteiger partial charge < -0.3 is 102 Å². The van der Waals surface area contributed by atoms with Crippen molar-refractivity contribution in [3.05, 3.63) is 79.3 Å². The molecule has 2 aromatic carbocycles. The summed E-state index contributed by atoms with van der Waals surface area (Å²) in [6.07, 6.45) is 9.74. The van der Waals surface area contributed by atoms with E-state index in [4.69, 9.17) is 29.4 Å². The molecule has 120 heavy (non-hydrogen) atoms. The van der Waals surface area contributed by atoms with E-state index in [1.165, 1.54) is 20.0 Å². The van der Waals surface area contributed by atoms with Gasteiger partial charge in [0.2, 0.25) is 59.1 Å². The van der Waals surface area contributed by atoms with E-state index < -0.39 is 47.9 Å². The summed E-state index contributed by atoms with van der Waals surface area (Å²) in [6.45, 7) is 9.94. The van der Waals surface area contributed by atoms with Crippen LogP contribution in [0, 0.1) is 13.1 Å². The van der Waals surface area contributed by atoms with Crippen molar-refractivity contribution < 1.29 is 156 Å². The molecule has 2 aromatic rings. The Hall–Kier alpha value is -5.19. The zero-order valence-corrected chi connectivity index (χ0v) is 85.7. The van der Waals surface area contributed by atoms with E-state index >= 15 is 0 Å². The van der Waals surface area contributed by atoms with Gasteiger partial charge in [-0.15, -0.1) is 0 Å². The smallest absolute Gasteiger partial charge is 0.243 e. The molecule has 11 amide bonds. The number of nitrogens with one attached hydrogen (secondary N) is 18. The summed E-state index contributed by atoms with van der Waals surface area (Å²) in [5, 5.41) is 43.9. The van der Waals surface area contributed by atoms with E-state index in [0.717, 1.165) is 49.8 Å². The molecule has 0 aliphatic heterocycles. The average Bonchev–Trinajstić information content (AvgIpc) is 0.869. The van der Waals surface area contributed by atoms with Crippen molar-refractivity contribution in [2.24, 2.45) is 17.2 Å². The number of ketones is 4. The number of benzene rings is 2. The van der Waals surface area contributed by atoms with E-state index in [-0.39, 0.29) is 247 Å². The molecule has 0 aliphatic rings. The van der Waals surface area contributed by atoms with Crippen molar-refractivity contribution in [2.45, 2.75) is 185 Å². The van der Waals surface area contributed by atoms with Gasteiger partial charge in [-0.1, -0.05) is 55.0 Å². The quantitative estimate of drug-likeness (QED) is 0.0105. The van der Waals surface area contributed by atoms with Crippen LogP contribution in [0.1, 0.15) is 130 Å². The minimum atomic E-state index is -0.872. The third-order valence-electron chi connectivity index (χ3n) is 16.9. The fourth-order valence-corrected chi connectivity index (χ4v) is 11.3. The third-order valence-corrected chi connectivity index (χ3v) is 18.5. The second-order valence-electron chi connectivity index (χ2n) is 26.2. The summed E-state index contributed by atoms with van der Waals surface area (Å²) in [5.74, 6) is -3.51. The zero-order valence-electron chi connectivity index (χ0n) is 69.6. The Bertz CT molecular complexity index is 3280. The zero-order chi connectivity index (χ0) is 87.6. The van der Waals surface area contributed by atoms with Crippen molar-refractivity contribution in [3.63, 3.8) is 0 Å². The van der Waals surface area contributed by atoms with Gasteiger partial charge in [0, 0.05) is 153 Å². The Morgan fingerprint density at radius 1 is 0.392 bits per heavy atom. The van der Waals surface area contributed by atoms with Gasteiger partial charge in [-0.2, -0.15) is 56.9 Å². The fourth-order valence-electron chi connectivity index (χ4n) is 10.3. The van der Waals surface area contributed by atoms with Gasteiger partial charge in [0.05, 0.1) is 49.6 Å². The van der Waals surface area contributed by atoms with Gasteiger partial charge in [-0.05, 0) is 163 Å². The van der Waals surface area contributed by atoms with Crippen molar-refractivity contribution in [1.29, 1.82) is 0 Å². The first-order valence-electron chi connectivity index (χ1n) is 38.3. The molecule has 0 heterocycles. The van der Waals surface area contributed by atoms with Crippen LogP contribution in [-0.2, 0) is 163 Å². The molecule has 36 nitrogen and oxygen atoms in total. The third kappa shape index (κ3) is 64.6. The minimum absolute atomic E-state index is 0. The molecule has 2 rings (SSSR count). The number of Topliss-reactive ketones (excluding diaryl/α,β-unsaturated/α-hetero) is 4. The second kappa shape index (κ2) is 80.9. The summed E-state index contributed by atoms with van der Waals surface area (Å²) in [5.41, 5.74) is 23.0. The molecule has 0 aromatic heterocycles. The summed E-state index contributed by atoms with van der Waals surface area (Å²) >= 11 is 21.5. The number of rotatable bonds is 58. The van der Waals surface area contributed by atoms with Crippen LogP contribution in [0.5, 0.6) is 0 Å². The number of para-hydroxylation sites is 1. The van der Waals surface area contributed by atoms with Crippen LogP contribution in [-0.4, -0.2) is 251 Å². The van der Waals surface area contributed by atoms with Gasteiger partial charge in [0.1, 0.15) is 53.3 Å². The molecule has 9 atom stereocenters. The summed E-state index contributed by atoms with van der Waals surface area (Å²) in [4.78, 5) is 177. The summed E-state index contributed by atoms with van der Waals surface area (Å²) in [6, 6.07) is 13.9. The Balaban J connectivity index is -0.000000358. The number of thiocarbonyl (C=S) groups is 1. The van der Waals surface area contributed by atoms with E-state index in [1.54, 1.807) is 49.0 Å². The molecule has 0 bridgehead atoms. The van der Waals surface area contributed by atoms with Gasteiger partial charge in [-0.3, -0.25) is 90.4 Å². The maximum Gasteiger partial charge on any atom is 0.243 e. The number of nitrogens with two attached hydrogens (primary N) is 3. The predicted octanol–water partition coefficient (Wildman–Crippen LogP) is -2.73. The molecular weight excluding hydrogens is 2330 g/mol. The molecule has 0 saturated carbocycles. The number of thiol groups is 4. The normalized spacial score (nSPS) is 12.4. The molecule has 0 radical (unpaired) electrons. The number of anilines is 1. The van der Waals surface area contributed by atoms with Crippen LogP contribution < -0.4 is 113 Å². The first-order valence-corrected chi connectivity index (χ1v) is 41.3. The number of carbonyl (C=O) groups excluding carboxylic acids is 15. The number of likely N-dealkylation sites (N-methyl/N-ethyl adjacent to an activating group) is 4. The molecule has 24 N–H and O–H groups in total. The number of carbonyl (C=O) groups is 15. The van der Waals surface area contributed by atoms with E-state index in [2.05, 4.69) is 146 Å². The molecule has 0 spiro atoms. The first-order chi connectivity index (χ1) is 55.4. The molecule has 0 fully saturated rings. The first kappa shape index (κ1) is 126. The number of hydrogen-bond acceptors (Lipinski definition) is 28. The van der Waals surface area contributed by atoms with Crippen molar-refractivity contribution in [3.8, 4) is 0 Å². The Morgan fingerprint density at radius 2 is 0.758 bits per heavy atom. The van der Waals surface area contributed by atoms with Gasteiger partial charge in [0.15, 0.2) is 11.0 Å². The van der Waals surface area contributed by atoms with Gasteiger partial charge in [0.25, 0.3) is 0 Å². The van der Waals surface area contributed by atoms with E-state index in [0.29, 0.717) is 76.2 Å². The van der Waals surface area contributed by atoms with Crippen LogP contribution in [0.4, 0.5) is 5.69 Å². The average molecular weight is 2460 g/mol. The van der Waals surface area contributed by atoms with Crippen LogP contribution in [0.2, 0.25) is 0 Å². The predicted molar refractivity (Wildman–Crippen MR) is 466 cm³/mol. The number of hydrazine groups is 1. The van der Waals surface area contributed by atoms with Crippen LogP contribution in [0.15, 0.2) is 60.7 Å². The van der Waals surface area contributed by atoms with Gasteiger partial charge >= 0.3 is 0 Å². The van der Waals surface area contributed by atoms with E-state index in [1.807, 2.05) is 60.7 Å². The number of hydrogen-bond donors (Lipinski definition) is 25. The van der Waals surface area contributed by atoms with Crippen LogP contribution in [0.3, 0.4) is 0 Å². The van der Waals surface area contributed by atoms with E-state index in [9.17, 15) is 71.9 Å². The maximum atomic E-state index is 12.8. The molecule has 680 valence electrons. The monoisotopic (exact) mass is 2460 g/mol. The topological polar surface area (TPSA) is 551 Å². The number of amides is 11. The van der Waals surface area contributed by atoms with Gasteiger partial charge in [-0.25, -0.2) is 5.43 Å². The molecule has 45 heteroatoms. The second-order valence-corrected chi connectivity index (χ2v) is 28.0. The van der Waals surface area contributed by atoms with Crippen molar-refractivity contribution >= 4 is 162 Å². The standard InChI is InChI=1S/C22H34N4O4S2.C20H32N6O3S2.C17H32N5O4S.C16H31N6O4.4W/c1-15(27)17(23-2)10-6-7-11-24-21(29)19(13-31)26-22(30)18(25-20(28)14-32)12-16-8-4-3-5-9-16;1-14(27)16(21-2)10-6-7-11-22-19(29)17(13-30)25-18(28)12-23-26-20(31)24-15-8-4-3-5-9-15;1-12(23)13(19-2)6-3-4-9-20-16(25)10-21-17(26)14(11-27)22-15(24)7-5-8-18;1-11(23)12(19-2)5-3-4-8-20-16(26)13(9-18)22-15(25)10-21-14(24)6-7-17;;;;/h3-5,8-9,17-19,23,31-32H,6-7,10-14H2,1-2H3,(H,24,29)(H,25,28)(H,26,30);3-5,8-9,16-17,21,23,30H,6-7,10-13H2,1-2H3,(H,22,29)(H,25,28)(H2,24,26,31);8,13-14,19,27H,3-7,9-11,18H2,1-2H3,(H,20,25)(H,21,26)(H,22,24);7,12-13,19H,3-6,8-10,17-18H2,1-2H3,(H,20,26)(H,21,24)(H,22,25);;;;/q;;2*-1;;;;. The SMILES string of the molecule is CNC(CCCCNC(=O)C(CN)NC(=O)CNC(=O)C[CH-]N)C(C)=O.CNC(CCCCNC(=O)C(CS)NC(=O)C(Cc1ccccc1)NC(=O)CS)C(C)=O.CNC(CCCCNC(=O)C(CS)NC(=O)CNNC(=S)Nc1ccccc1)C(C)=O.CNC(CCCCNC(=O)CNC(=O)C(CS)NC(=O)CC[CH-]N)C(C)=O.[W].[W].[W].[W]. The fraction of sp³-hybridized carbons (Fsp3) is 0.600. The summed E-state index contributed by atoms with van der Waals surface area (Å²) < 4.78 is 0. The Labute approximate surface area is 791 Å². The largest absolute Gasteiger partial charge is 0.483 e. The molecule has 0 aliphatic carbocycles. The van der Waals surface area contributed by atoms with Crippen molar-refractivity contribution in [2.75, 3.05) is 109 Å². The van der Waals surface area contributed by atoms with Crippen molar-refractivity contribution in [1.82, 2.24) is 90.6 Å². The molecule has 9 unspecified atom stereocenters. The summed E-state index contributed by atoms with van der Waals surface area (Å²) in [7, 11) is 6.98. The maximum absolute atomic E-state index is 12.8. The molecular formula is C75H129N21O15S5W4-2. The minimum Gasteiger partial charge on any atom is -0.483 e. The van der Waals surface area contributed by atoms with Crippen LogP contribution in [0.25, 0.3) is 0 Å². The Kier molecular flexibility index (Phi) is 84.7. The molecule has 0 saturated heterocycles.